The molecular formula is C16H17NO2. The Morgan fingerprint density at radius 1 is 1.16 bits per heavy atom. The van der Waals surface area contributed by atoms with E-state index in [2.05, 4.69) is 0 Å². The summed E-state index contributed by atoms with van der Waals surface area (Å²) in [7, 11) is 1.91. The largest absolute Gasteiger partial charge is 0.478 e. The van der Waals surface area contributed by atoms with Gasteiger partial charge in [-0.1, -0.05) is 42.0 Å². The third-order valence-electron chi connectivity index (χ3n) is 3.06. The van der Waals surface area contributed by atoms with Crippen LogP contribution in [0.25, 0.3) is 0 Å². The van der Waals surface area contributed by atoms with Gasteiger partial charge in [-0.05, 0) is 24.6 Å². The second-order valence-electron chi connectivity index (χ2n) is 4.67. The Bertz CT molecular complexity index is 579. The van der Waals surface area contributed by atoms with Crippen molar-refractivity contribution in [1.82, 2.24) is 0 Å². The molecule has 0 unspecified atom stereocenters. The molecule has 0 bridgehead atoms. The Hall–Kier alpha value is -2.29. The maximum atomic E-state index is 11.3. The molecule has 0 atom stereocenters. The van der Waals surface area contributed by atoms with Crippen LogP contribution in [0.4, 0.5) is 5.69 Å². The third-order valence-corrected chi connectivity index (χ3v) is 3.06. The van der Waals surface area contributed by atoms with E-state index >= 15 is 0 Å². The SMILES string of the molecule is Cc1ccc(N(C)Cc2ccccc2)c(C(=O)O)c1. The number of benzene rings is 2. The van der Waals surface area contributed by atoms with Crippen molar-refractivity contribution in [2.75, 3.05) is 11.9 Å². The van der Waals surface area contributed by atoms with Crippen LogP contribution in [0.2, 0.25) is 0 Å². The number of aromatic carboxylic acids is 1. The average molecular weight is 255 g/mol. The highest BCUT2D eigenvalue weighted by Gasteiger charge is 2.13. The van der Waals surface area contributed by atoms with Crippen LogP contribution in [0, 0.1) is 6.92 Å². The van der Waals surface area contributed by atoms with Gasteiger partial charge < -0.3 is 10.0 Å². The van der Waals surface area contributed by atoms with Crippen LogP contribution in [-0.2, 0) is 6.54 Å². The fourth-order valence-corrected chi connectivity index (χ4v) is 2.10. The van der Waals surface area contributed by atoms with Crippen molar-refractivity contribution < 1.29 is 9.90 Å². The van der Waals surface area contributed by atoms with Crippen LogP contribution in [0.3, 0.4) is 0 Å². The van der Waals surface area contributed by atoms with E-state index < -0.39 is 5.97 Å². The van der Waals surface area contributed by atoms with Crippen molar-refractivity contribution in [3.8, 4) is 0 Å². The van der Waals surface area contributed by atoms with Crippen molar-refractivity contribution in [1.29, 1.82) is 0 Å². The lowest BCUT2D eigenvalue weighted by molar-refractivity contribution is 0.0697. The van der Waals surface area contributed by atoms with Crippen LogP contribution < -0.4 is 4.90 Å². The summed E-state index contributed by atoms with van der Waals surface area (Å²) in [5.74, 6) is -0.890. The van der Waals surface area contributed by atoms with Crippen LogP contribution in [0.15, 0.2) is 48.5 Å². The van der Waals surface area contributed by atoms with Gasteiger partial charge in [-0.2, -0.15) is 0 Å². The second kappa shape index (κ2) is 5.57. The van der Waals surface area contributed by atoms with Crippen molar-refractivity contribution in [3.63, 3.8) is 0 Å². The molecule has 0 aliphatic heterocycles. The van der Waals surface area contributed by atoms with E-state index in [4.69, 9.17) is 0 Å². The summed E-state index contributed by atoms with van der Waals surface area (Å²) in [4.78, 5) is 13.3. The number of hydrogen-bond acceptors (Lipinski definition) is 2. The van der Waals surface area contributed by atoms with Gasteiger partial charge in [0.05, 0.1) is 11.3 Å². The lowest BCUT2D eigenvalue weighted by atomic mass is 10.1. The number of carbonyl (C=O) groups is 1. The summed E-state index contributed by atoms with van der Waals surface area (Å²) in [6, 6.07) is 15.5. The van der Waals surface area contributed by atoms with E-state index in [0.29, 0.717) is 12.1 Å². The summed E-state index contributed by atoms with van der Waals surface area (Å²) in [6.45, 7) is 2.58. The molecule has 0 amide bonds. The Labute approximate surface area is 113 Å². The summed E-state index contributed by atoms with van der Waals surface area (Å²) >= 11 is 0. The average Bonchev–Trinajstić information content (AvgIpc) is 2.39. The predicted molar refractivity (Wildman–Crippen MR) is 76.7 cm³/mol. The molecule has 0 aliphatic rings. The van der Waals surface area contributed by atoms with Crippen LogP contribution in [-0.4, -0.2) is 18.1 Å². The van der Waals surface area contributed by atoms with Crippen LogP contribution in [0.1, 0.15) is 21.5 Å². The Morgan fingerprint density at radius 3 is 2.47 bits per heavy atom. The number of anilines is 1. The van der Waals surface area contributed by atoms with Crippen molar-refractivity contribution >= 4 is 11.7 Å². The third kappa shape index (κ3) is 3.13. The molecule has 0 aromatic heterocycles. The summed E-state index contributed by atoms with van der Waals surface area (Å²) in [5, 5.41) is 9.28. The highest BCUT2D eigenvalue weighted by atomic mass is 16.4. The van der Waals surface area contributed by atoms with Gasteiger partial charge in [0, 0.05) is 13.6 Å². The van der Waals surface area contributed by atoms with Gasteiger partial charge in [0.25, 0.3) is 0 Å². The van der Waals surface area contributed by atoms with E-state index in [-0.39, 0.29) is 0 Å². The van der Waals surface area contributed by atoms with Gasteiger partial charge in [-0.25, -0.2) is 4.79 Å². The first-order chi connectivity index (χ1) is 9.08. The smallest absolute Gasteiger partial charge is 0.337 e. The Kier molecular flexibility index (Phi) is 3.85. The highest BCUT2D eigenvalue weighted by Crippen LogP contribution is 2.22. The minimum atomic E-state index is -0.890. The molecule has 2 aromatic carbocycles. The highest BCUT2D eigenvalue weighted by molar-refractivity contribution is 5.94. The molecule has 0 radical (unpaired) electrons. The van der Waals surface area contributed by atoms with Crippen molar-refractivity contribution in [2.45, 2.75) is 13.5 Å². The number of carboxylic acids is 1. The first kappa shape index (κ1) is 13.1. The standard InChI is InChI=1S/C16H17NO2/c1-12-8-9-15(14(10-12)16(18)19)17(2)11-13-6-4-3-5-7-13/h3-10H,11H2,1-2H3,(H,18,19). The van der Waals surface area contributed by atoms with Gasteiger partial charge in [-0.3, -0.25) is 0 Å². The zero-order valence-corrected chi connectivity index (χ0v) is 11.1. The molecule has 1 N–H and O–H groups in total. The zero-order chi connectivity index (χ0) is 13.8. The van der Waals surface area contributed by atoms with Gasteiger partial charge in [0.15, 0.2) is 0 Å². The predicted octanol–water partition coefficient (Wildman–Crippen LogP) is 3.33. The Morgan fingerprint density at radius 2 is 1.84 bits per heavy atom. The van der Waals surface area contributed by atoms with Crippen LogP contribution in [0.5, 0.6) is 0 Å². The molecule has 0 heterocycles. The van der Waals surface area contributed by atoms with Crippen molar-refractivity contribution in [3.05, 3.63) is 65.2 Å². The molecule has 2 rings (SSSR count). The minimum Gasteiger partial charge on any atom is -0.478 e. The van der Waals surface area contributed by atoms with Gasteiger partial charge in [-0.15, -0.1) is 0 Å². The fourth-order valence-electron chi connectivity index (χ4n) is 2.10. The molecule has 0 spiro atoms. The van der Waals surface area contributed by atoms with Crippen molar-refractivity contribution in [2.24, 2.45) is 0 Å². The topological polar surface area (TPSA) is 40.5 Å². The molecule has 0 aliphatic carbocycles. The number of nitrogens with zero attached hydrogens (tertiary/aromatic N) is 1. The normalized spacial score (nSPS) is 10.2. The number of aryl methyl sites for hydroxylation is 1. The molecule has 3 nitrogen and oxygen atoms in total. The van der Waals surface area contributed by atoms with Gasteiger partial charge in [0.2, 0.25) is 0 Å². The molecule has 19 heavy (non-hydrogen) atoms. The van der Waals surface area contributed by atoms with Gasteiger partial charge in [0.1, 0.15) is 0 Å². The zero-order valence-electron chi connectivity index (χ0n) is 11.1. The van der Waals surface area contributed by atoms with E-state index in [1.165, 1.54) is 0 Å². The van der Waals surface area contributed by atoms with E-state index in [9.17, 15) is 9.90 Å². The monoisotopic (exact) mass is 255 g/mol. The first-order valence-electron chi connectivity index (χ1n) is 6.17. The van der Waals surface area contributed by atoms with Gasteiger partial charge >= 0.3 is 5.97 Å². The summed E-state index contributed by atoms with van der Waals surface area (Å²) < 4.78 is 0. The number of hydrogen-bond donors (Lipinski definition) is 1. The lowest BCUT2D eigenvalue weighted by Gasteiger charge is -2.21. The molecular weight excluding hydrogens is 238 g/mol. The molecule has 0 saturated carbocycles. The Balaban J connectivity index is 2.28. The molecule has 3 heteroatoms. The number of rotatable bonds is 4. The maximum Gasteiger partial charge on any atom is 0.337 e. The molecule has 0 saturated heterocycles. The second-order valence-corrected chi connectivity index (χ2v) is 4.67. The quantitative estimate of drug-likeness (QED) is 0.911. The lowest BCUT2D eigenvalue weighted by Crippen LogP contribution is -2.19. The van der Waals surface area contributed by atoms with E-state index in [1.54, 1.807) is 6.07 Å². The number of carboxylic acid groups (broad SMARTS) is 1. The fraction of sp³-hybridized carbons (Fsp3) is 0.188. The molecule has 0 fully saturated rings. The summed E-state index contributed by atoms with van der Waals surface area (Å²) in [5.41, 5.74) is 3.19. The summed E-state index contributed by atoms with van der Waals surface area (Å²) in [6.07, 6.45) is 0. The van der Waals surface area contributed by atoms with E-state index in [1.807, 2.05) is 61.3 Å². The van der Waals surface area contributed by atoms with E-state index in [0.717, 1.165) is 16.8 Å². The van der Waals surface area contributed by atoms with Crippen LogP contribution >= 0.6 is 0 Å². The molecule has 98 valence electrons. The first-order valence-corrected chi connectivity index (χ1v) is 6.17. The minimum absolute atomic E-state index is 0.346. The molecule has 2 aromatic rings. The maximum absolute atomic E-state index is 11.3.